The number of halogens is 1. The second-order valence-corrected chi connectivity index (χ2v) is 5.36. The zero-order valence-corrected chi connectivity index (χ0v) is 13.7. The molecule has 24 heavy (non-hydrogen) atoms. The third-order valence-electron chi connectivity index (χ3n) is 3.12. The van der Waals surface area contributed by atoms with Crippen LogP contribution in [0.25, 0.3) is 6.08 Å². The Kier molecular flexibility index (Phi) is 6.34. The molecule has 0 bridgehead atoms. The fourth-order valence-electron chi connectivity index (χ4n) is 1.93. The van der Waals surface area contributed by atoms with E-state index < -0.39 is 5.91 Å². The summed E-state index contributed by atoms with van der Waals surface area (Å²) >= 11 is 5.86. The number of hydrogen-bond donors (Lipinski definition) is 2. The Morgan fingerprint density at radius 1 is 1.04 bits per heavy atom. The lowest BCUT2D eigenvalue weighted by Crippen LogP contribution is -2.34. The van der Waals surface area contributed by atoms with E-state index in [-0.39, 0.29) is 11.6 Å². The predicted octanol–water partition coefficient (Wildman–Crippen LogP) is 3.41. The van der Waals surface area contributed by atoms with Crippen molar-refractivity contribution in [3.8, 4) is 0 Å². The highest BCUT2D eigenvalue weighted by molar-refractivity contribution is 6.30. The summed E-state index contributed by atoms with van der Waals surface area (Å²) in [4.78, 5) is 24.6. The van der Waals surface area contributed by atoms with Gasteiger partial charge in [0.25, 0.3) is 11.8 Å². The van der Waals surface area contributed by atoms with E-state index in [1.807, 2.05) is 6.07 Å². The molecule has 2 N–H and O–H groups in total. The lowest BCUT2D eigenvalue weighted by molar-refractivity contribution is -0.117. The van der Waals surface area contributed by atoms with E-state index in [4.69, 9.17) is 11.6 Å². The molecule has 0 aliphatic rings. The zero-order valence-electron chi connectivity index (χ0n) is 13.0. The molecular weight excluding hydrogens is 324 g/mol. The Hall–Kier alpha value is -2.85. The molecule has 0 aliphatic heterocycles. The smallest absolute Gasteiger partial charge is 0.268 e. The van der Waals surface area contributed by atoms with Gasteiger partial charge in [0.1, 0.15) is 5.70 Å². The summed E-state index contributed by atoms with van der Waals surface area (Å²) < 4.78 is 0. The summed E-state index contributed by atoms with van der Waals surface area (Å²) in [6, 6.07) is 15.6. The van der Waals surface area contributed by atoms with Crippen LogP contribution in [-0.2, 0) is 4.79 Å². The standard InChI is InChI=1S/C19H17ClN2O2/c1-2-12-21-19(24)17(13-14-8-10-16(20)11-9-14)22-18(23)15-6-4-3-5-7-15/h2-11,13H,1,12H2,(H,21,24)(H,22,23)/b17-13-. The van der Waals surface area contributed by atoms with Crippen molar-refractivity contribution < 1.29 is 9.59 Å². The lowest BCUT2D eigenvalue weighted by atomic mass is 10.1. The van der Waals surface area contributed by atoms with Crippen molar-refractivity contribution in [1.82, 2.24) is 10.6 Å². The van der Waals surface area contributed by atoms with Gasteiger partial charge in [-0.15, -0.1) is 6.58 Å². The van der Waals surface area contributed by atoms with Gasteiger partial charge in [-0.1, -0.05) is 48.0 Å². The molecular formula is C19H17ClN2O2. The maximum Gasteiger partial charge on any atom is 0.268 e. The first-order valence-corrected chi connectivity index (χ1v) is 7.70. The van der Waals surface area contributed by atoms with Gasteiger partial charge in [0.15, 0.2) is 0 Å². The van der Waals surface area contributed by atoms with E-state index in [1.54, 1.807) is 60.7 Å². The summed E-state index contributed by atoms with van der Waals surface area (Å²) in [6.45, 7) is 3.86. The molecule has 2 aromatic rings. The first-order valence-electron chi connectivity index (χ1n) is 7.33. The summed E-state index contributed by atoms with van der Waals surface area (Å²) in [5.41, 5.74) is 1.36. The van der Waals surface area contributed by atoms with Gasteiger partial charge >= 0.3 is 0 Å². The highest BCUT2D eigenvalue weighted by Gasteiger charge is 2.13. The Morgan fingerprint density at radius 3 is 2.33 bits per heavy atom. The van der Waals surface area contributed by atoms with Gasteiger partial charge in [-0.05, 0) is 35.9 Å². The van der Waals surface area contributed by atoms with Gasteiger partial charge in [0.05, 0.1) is 0 Å². The average Bonchev–Trinajstić information content (AvgIpc) is 2.61. The minimum atomic E-state index is -0.394. The van der Waals surface area contributed by atoms with Gasteiger partial charge in [0, 0.05) is 17.1 Å². The van der Waals surface area contributed by atoms with E-state index in [0.717, 1.165) is 5.56 Å². The molecule has 0 aliphatic carbocycles. The molecule has 0 radical (unpaired) electrons. The summed E-state index contributed by atoms with van der Waals surface area (Å²) in [5.74, 6) is -0.751. The molecule has 0 atom stereocenters. The SMILES string of the molecule is C=CCNC(=O)/C(=C/c1ccc(Cl)cc1)NC(=O)c1ccccc1. The Bertz CT molecular complexity index is 753. The Balaban J connectivity index is 2.25. The third-order valence-corrected chi connectivity index (χ3v) is 3.37. The topological polar surface area (TPSA) is 58.2 Å². The fraction of sp³-hybridized carbons (Fsp3) is 0.0526. The van der Waals surface area contributed by atoms with Crippen LogP contribution in [0.15, 0.2) is 72.9 Å². The molecule has 2 amide bonds. The fourth-order valence-corrected chi connectivity index (χ4v) is 2.05. The van der Waals surface area contributed by atoms with Crippen molar-refractivity contribution in [3.05, 3.63) is 89.1 Å². The maximum absolute atomic E-state index is 12.3. The van der Waals surface area contributed by atoms with Crippen LogP contribution in [0.4, 0.5) is 0 Å². The van der Waals surface area contributed by atoms with Crippen LogP contribution in [0.5, 0.6) is 0 Å². The molecule has 0 fully saturated rings. The molecule has 2 rings (SSSR count). The number of amides is 2. The first-order chi connectivity index (χ1) is 11.6. The molecule has 122 valence electrons. The summed E-state index contributed by atoms with van der Waals surface area (Å²) in [7, 11) is 0. The van der Waals surface area contributed by atoms with Crippen molar-refractivity contribution in [2.24, 2.45) is 0 Å². The molecule has 2 aromatic carbocycles. The average molecular weight is 341 g/mol. The van der Waals surface area contributed by atoms with Crippen LogP contribution >= 0.6 is 11.6 Å². The number of nitrogens with one attached hydrogen (secondary N) is 2. The van der Waals surface area contributed by atoms with Crippen LogP contribution in [-0.4, -0.2) is 18.4 Å². The van der Waals surface area contributed by atoms with E-state index in [1.165, 1.54) is 0 Å². The highest BCUT2D eigenvalue weighted by Crippen LogP contribution is 2.12. The molecule has 0 heterocycles. The van der Waals surface area contributed by atoms with Crippen LogP contribution < -0.4 is 10.6 Å². The molecule has 5 heteroatoms. The molecule has 0 aromatic heterocycles. The van der Waals surface area contributed by atoms with Crippen LogP contribution in [0, 0.1) is 0 Å². The van der Waals surface area contributed by atoms with Crippen molar-refractivity contribution in [2.75, 3.05) is 6.54 Å². The van der Waals surface area contributed by atoms with E-state index >= 15 is 0 Å². The van der Waals surface area contributed by atoms with Crippen molar-refractivity contribution in [2.45, 2.75) is 0 Å². The molecule has 4 nitrogen and oxygen atoms in total. The van der Waals surface area contributed by atoms with E-state index in [9.17, 15) is 9.59 Å². The monoisotopic (exact) mass is 340 g/mol. The van der Waals surface area contributed by atoms with Gasteiger partial charge < -0.3 is 10.6 Å². The maximum atomic E-state index is 12.3. The van der Waals surface area contributed by atoms with Crippen molar-refractivity contribution in [3.63, 3.8) is 0 Å². The van der Waals surface area contributed by atoms with Gasteiger partial charge in [-0.2, -0.15) is 0 Å². The van der Waals surface area contributed by atoms with E-state index in [0.29, 0.717) is 17.1 Å². The molecule has 0 saturated carbocycles. The molecule has 0 saturated heterocycles. The minimum absolute atomic E-state index is 0.146. The number of carbonyl (C=O) groups is 2. The number of carbonyl (C=O) groups excluding carboxylic acids is 2. The van der Waals surface area contributed by atoms with Crippen molar-refractivity contribution >= 4 is 29.5 Å². The Labute approximate surface area is 145 Å². The number of hydrogen-bond acceptors (Lipinski definition) is 2. The normalized spacial score (nSPS) is 10.8. The van der Waals surface area contributed by atoms with Crippen LogP contribution in [0.3, 0.4) is 0 Å². The van der Waals surface area contributed by atoms with Crippen LogP contribution in [0.2, 0.25) is 5.02 Å². The van der Waals surface area contributed by atoms with Gasteiger partial charge in [-0.25, -0.2) is 0 Å². The summed E-state index contributed by atoms with van der Waals surface area (Å²) in [5, 5.41) is 5.90. The quantitative estimate of drug-likeness (QED) is 0.625. The second-order valence-electron chi connectivity index (χ2n) is 4.93. The molecule has 0 unspecified atom stereocenters. The molecule has 0 spiro atoms. The highest BCUT2D eigenvalue weighted by atomic mass is 35.5. The third kappa shape index (κ3) is 5.11. The van der Waals surface area contributed by atoms with Gasteiger partial charge in [-0.3, -0.25) is 9.59 Å². The first kappa shape index (κ1) is 17.5. The van der Waals surface area contributed by atoms with Crippen LogP contribution in [0.1, 0.15) is 15.9 Å². The lowest BCUT2D eigenvalue weighted by Gasteiger charge is -2.10. The predicted molar refractivity (Wildman–Crippen MR) is 96.5 cm³/mol. The zero-order chi connectivity index (χ0) is 17.4. The minimum Gasteiger partial charge on any atom is -0.347 e. The summed E-state index contributed by atoms with van der Waals surface area (Å²) in [6.07, 6.45) is 3.16. The second kappa shape index (κ2) is 8.70. The van der Waals surface area contributed by atoms with E-state index in [2.05, 4.69) is 17.2 Å². The number of benzene rings is 2. The van der Waals surface area contributed by atoms with Crippen molar-refractivity contribution in [1.29, 1.82) is 0 Å². The number of rotatable bonds is 6. The Morgan fingerprint density at radius 2 is 1.71 bits per heavy atom. The van der Waals surface area contributed by atoms with Gasteiger partial charge in [0.2, 0.25) is 0 Å². The largest absolute Gasteiger partial charge is 0.347 e.